The van der Waals surface area contributed by atoms with E-state index in [1.807, 2.05) is 12.2 Å². The second kappa shape index (κ2) is 7.80. The standard InChI is InChI=1S/C21H26N2O2S/c1-15(16-6-8-17(9-7-16)21(2,3)4)5-10-18-19(24)22-20(26-18)23-11-13-25-14-12-23/h5-10H,11-14H2,1-4H3/b15-5+,18-10+. The number of amidine groups is 1. The first kappa shape index (κ1) is 18.9. The molecule has 2 aliphatic heterocycles. The van der Waals surface area contributed by atoms with Crippen LogP contribution in [0.5, 0.6) is 0 Å². The molecular formula is C21H26N2O2S. The number of allylic oxidation sites excluding steroid dienone is 3. The van der Waals surface area contributed by atoms with E-state index in [2.05, 4.69) is 61.9 Å². The molecule has 0 saturated carbocycles. The summed E-state index contributed by atoms with van der Waals surface area (Å²) in [5, 5.41) is 0.796. The van der Waals surface area contributed by atoms with E-state index in [1.54, 1.807) is 0 Å². The van der Waals surface area contributed by atoms with Gasteiger partial charge in [-0.15, -0.1) is 0 Å². The lowest BCUT2D eigenvalue weighted by atomic mass is 9.86. The van der Waals surface area contributed by atoms with Gasteiger partial charge in [0.25, 0.3) is 5.91 Å². The third kappa shape index (κ3) is 4.46. The van der Waals surface area contributed by atoms with Gasteiger partial charge in [0, 0.05) is 13.1 Å². The Hall–Kier alpha value is -1.85. The van der Waals surface area contributed by atoms with Crippen LogP contribution in [0.15, 0.2) is 46.3 Å². The van der Waals surface area contributed by atoms with Gasteiger partial charge in [-0.2, -0.15) is 4.99 Å². The van der Waals surface area contributed by atoms with Crippen molar-refractivity contribution in [2.75, 3.05) is 26.3 Å². The van der Waals surface area contributed by atoms with Crippen LogP contribution in [0.4, 0.5) is 0 Å². The Morgan fingerprint density at radius 3 is 2.46 bits per heavy atom. The molecule has 0 aromatic heterocycles. The van der Waals surface area contributed by atoms with Gasteiger partial charge in [0.05, 0.1) is 18.1 Å². The molecule has 2 aliphatic rings. The van der Waals surface area contributed by atoms with Crippen molar-refractivity contribution in [3.8, 4) is 0 Å². The van der Waals surface area contributed by atoms with Crippen molar-refractivity contribution >= 4 is 28.4 Å². The number of rotatable bonds is 2. The van der Waals surface area contributed by atoms with Crippen LogP contribution in [0.2, 0.25) is 0 Å². The first-order valence-corrected chi connectivity index (χ1v) is 9.79. The van der Waals surface area contributed by atoms with Crippen LogP contribution in [-0.4, -0.2) is 42.3 Å². The minimum Gasteiger partial charge on any atom is -0.378 e. The van der Waals surface area contributed by atoms with Gasteiger partial charge in [0.2, 0.25) is 0 Å². The number of amides is 1. The maximum Gasteiger partial charge on any atom is 0.286 e. The Morgan fingerprint density at radius 2 is 1.85 bits per heavy atom. The molecule has 1 amide bonds. The number of hydrogen-bond acceptors (Lipinski definition) is 4. The van der Waals surface area contributed by atoms with Gasteiger partial charge < -0.3 is 9.64 Å². The first-order valence-electron chi connectivity index (χ1n) is 8.98. The molecule has 2 heterocycles. The van der Waals surface area contributed by atoms with Gasteiger partial charge >= 0.3 is 0 Å². The third-order valence-electron chi connectivity index (χ3n) is 4.58. The topological polar surface area (TPSA) is 41.9 Å². The minimum absolute atomic E-state index is 0.149. The Morgan fingerprint density at radius 1 is 1.19 bits per heavy atom. The summed E-state index contributed by atoms with van der Waals surface area (Å²) < 4.78 is 5.36. The van der Waals surface area contributed by atoms with Crippen LogP contribution in [-0.2, 0) is 14.9 Å². The molecule has 0 atom stereocenters. The molecule has 0 radical (unpaired) electrons. The van der Waals surface area contributed by atoms with Crippen molar-refractivity contribution in [2.45, 2.75) is 33.1 Å². The molecule has 5 heteroatoms. The SMILES string of the molecule is C/C(=C\C=C1\SC(N2CCOCC2)=NC1=O)c1ccc(C(C)(C)C)cc1. The van der Waals surface area contributed by atoms with Gasteiger partial charge in [0.1, 0.15) is 0 Å². The largest absolute Gasteiger partial charge is 0.378 e. The van der Waals surface area contributed by atoms with Crippen LogP contribution >= 0.6 is 11.8 Å². The summed E-state index contributed by atoms with van der Waals surface area (Å²) in [4.78, 5) is 19.2. The van der Waals surface area contributed by atoms with Crippen LogP contribution < -0.4 is 0 Å². The smallest absolute Gasteiger partial charge is 0.286 e. The zero-order valence-corrected chi connectivity index (χ0v) is 16.7. The molecular weight excluding hydrogens is 344 g/mol. The maximum atomic E-state index is 12.2. The van der Waals surface area contributed by atoms with Crippen LogP contribution in [0.3, 0.4) is 0 Å². The van der Waals surface area contributed by atoms with Gasteiger partial charge in [-0.3, -0.25) is 4.79 Å². The molecule has 0 unspecified atom stereocenters. The molecule has 138 valence electrons. The molecule has 3 rings (SSSR count). The lowest BCUT2D eigenvalue weighted by Crippen LogP contribution is -2.38. The quantitative estimate of drug-likeness (QED) is 0.731. The molecule has 0 aliphatic carbocycles. The molecule has 0 spiro atoms. The number of carbonyl (C=O) groups is 1. The fraction of sp³-hybridized carbons (Fsp3) is 0.429. The van der Waals surface area contributed by atoms with E-state index >= 15 is 0 Å². The van der Waals surface area contributed by atoms with E-state index in [0.717, 1.165) is 23.8 Å². The van der Waals surface area contributed by atoms with Crippen molar-refractivity contribution in [3.63, 3.8) is 0 Å². The van der Waals surface area contributed by atoms with Crippen molar-refractivity contribution < 1.29 is 9.53 Å². The number of hydrogen-bond donors (Lipinski definition) is 0. The van der Waals surface area contributed by atoms with Crippen molar-refractivity contribution in [2.24, 2.45) is 4.99 Å². The Balaban J connectivity index is 1.69. The number of ether oxygens (including phenoxy) is 1. The number of nitrogens with zero attached hydrogens (tertiary/aromatic N) is 2. The lowest BCUT2D eigenvalue weighted by molar-refractivity contribution is -0.113. The highest BCUT2D eigenvalue weighted by Crippen LogP contribution is 2.30. The molecule has 1 aromatic carbocycles. The van der Waals surface area contributed by atoms with Gasteiger partial charge in [-0.05, 0) is 46.9 Å². The Kier molecular flexibility index (Phi) is 5.68. The van der Waals surface area contributed by atoms with Gasteiger partial charge in [-0.1, -0.05) is 51.1 Å². The summed E-state index contributed by atoms with van der Waals surface area (Å²) in [5.74, 6) is -0.149. The molecule has 1 saturated heterocycles. The van der Waals surface area contributed by atoms with Gasteiger partial charge in [0.15, 0.2) is 5.17 Å². The van der Waals surface area contributed by atoms with E-state index in [0.29, 0.717) is 18.1 Å². The van der Waals surface area contributed by atoms with Gasteiger partial charge in [-0.25, -0.2) is 0 Å². The maximum absolute atomic E-state index is 12.2. The number of benzene rings is 1. The van der Waals surface area contributed by atoms with E-state index < -0.39 is 0 Å². The Bertz CT molecular complexity index is 764. The second-order valence-corrected chi connectivity index (χ2v) is 8.62. The lowest BCUT2D eigenvalue weighted by Gasteiger charge is -2.27. The fourth-order valence-electron chi connectivity index (χ4n) is 2.83. The summed E-state index contributed by atoms with van der Waals surface area (Å²) >= 11 is 1.46. The average Bonchev–Trinajstić information content (AvgIpc) is 3.00. The number of morpholine rings is 1. The highest BCUT2D eigenvalue weighted by atomic mass is 32.2. The normalized spacial score (nSPS) is 20.7. The second-order valence-electron chi connectivity index (χ2n) is 7.61. The Labute approximate surface area is 160 Å². The third-order valence-corrected chi connectivity index (χ3v) is 5.64. The predicted octanol–water partition coefficient (Wildman–Crippen LogP) is 4.23. The monoisotopic (exact) mass is 370 g/mol. The predicted molar refractivity (Wildman–Crippen MR) is 109 cm³/mol. The first-order chi connectivity index (χ1) is 12.3. The summed E-state index contributed by atoms with van der Waals surface area (Å²) in [6.45, 7) is 11.7. The van der Waals surface area contributed by atoms with E-state index in [9.17, 15) is 4.79 Å². The molecule has 4 nitrogen and oxygen atoms in total. The van der Waals surface area contributed by atoms with Crippen LogP contribution in [0.1, 0.15) is 38.8 Å². The average molecular weight is 371 g/mol. The summed E-state index contributed by atoms with van der Waals surface area (Å²) in [7, 11) is 0. The van der Waals surface area contributed by atoms with Crippen LogP contribution in [0.25, 0.3) is 5.57 Å². The highest BCUT2D eigenvalue weighted by molar-refractivity contribution is 8.18. The zero-order chi connectivity index (χ0) is 18.7. The van der Waals surface area contributed by atoms with E-state index in [1.165, 1.54) is 22.9 Å². The van der Waals surface area contributed by atoms with Crippen molar-refractivity contribution in [1.82, 2.24) is 4.90 Å². The number of thioether (sulfide) groups is 1. The number of carbonyl (C=O) groups excluding carboxylic acids is 1. The highest BCUT2D eigenvalue weighted by Gasteiger charge is 2.26. The fourth-order valence-corrected chi connectivity index (χ4v) is 3.74. The van der Waals surface area contributed by atoms with Crippen molar-refractivity contribution in [1.29, 1.82) is 0 Å². The minimum atomic E-state index is -0.149. The molecule has 26 heavy (non-hydrogen) atoms. The zero-order valence-electron chi connectivity index (χ0n) is 15.9. The summed E-state index contributed by atoms with van der Waals surface area (Å²) in [5.41, 5.74) is 3.77. The van der Waals surface area contributed by atoms with E-state index in [-0.39, 0.29) is 11.3 Å². The van der Waals surface area contributed by atoms with E-state index in [4.69, 9.17) is 4.74 Å². The molecule has 0 bridgehead atoms. The van der Waals surface area contributed by atoms with Crippen LogP contribution in [0, 0.1) is 0 Å². The molecule has 1 fully saturated rings. The summed E-state index contributed by atoms with van der Waals surface area (Å²) in [6.07, 6.45) is 3.89. The summed E-state index contributed by atoms with van der Waals surface area (Å²) in [6, 6.07) is 8.64. The van der Waals surface area contributed by atoms with Crippen molar-refractivity contribution in [3.05, 3.63) is 52.4 Å². The molecule has 0 N–H and O–H groups in total. The number of aliphatic imine (C=N–C) groups is 1. The molecule has 1 aromatic rings.